The van der Waals surface area contributed by atoms with Crippen molar-refractivity contribution in [2.45, 2.75) is 13.5 Å². The van der Waals surface area contributed by atoms with Gasteiger partial charge in [0.05, 0.1) is 12.2 Å². The summed E-state index contributed by atoms with van der Waals surface area (Å²) < 4.78 is 38.7. The molecule has 0 radical (unpaired) electrons. The zero-order valence-electron chi connectivity index (χ0n) is 18.7. The van der Waals surface area contributed by atoms with Gasteiger partial charge in [0.1, 0.15) is 18.1 Å². The number of nitrogens with zero attached hydrogens (tertiary/aromatic N) is 3. The summed E-state index contributed by atoms with van der Waals surface area (Å²) in [7, 11) is 0. The third kappa shape index (κ3) is 5.20. The zero-order chi connectivity index (χ0) is 24.1. The number of ether oxygens (including phenoxy) is 1. The molecule has 2 aromatic carbocycles. The summed E-state index contributed by atoms with van der Waals surface area (Å²) in [5.41, 5.74) is 3.26. The molecule has 1 aliphatic rings. The lowest BCUT2D eigenvalue weighted by Gasteiger charge is -2.20. The first-order chi connectivity index (χ1) is 16.4. The number of hydrogen-bond acceptors (Lipinski definition) is 5. The van der Waals surface area contributed by atoms with E-state index in [1.54, 1.807) is 25.3 Å². The van der Waals surface area contributed by atoms with Gasteiger partial charge in [-0.3, -0.25) is 4.99 Å². The Kier molecular flexibility index (Phi) is 6.82. The lowest BCUT2D eigenvalue weighted by molar-refractivity contribution is 0.341. The van der Waals surface area contributed by atoms with Gasteiger partial charge in [-0.15, -0.1) is 0 Å². The Bertz CT molecular complexity index is 1300. The largest absolute Gasteiger partial charge is 0.490 e. The van der Waals surface area contributed by atoms with Crippen molar-refractivity contribution in [2.24, 2.45) is 4.99 Å². The predicted octanol–water partition coefficient (Wildman–Crippen LogP) is 6.42. The molecule has 4 rings (SSSR count). The van der Waals surface area contributed by atoms with Crippen LogP contribution in [0.15, 0.2) is 107 Å². The normalized spacial score (nSPS) is 13.7. The number of benzene rings is 2. The van der Waals surface area contributed by atoms with E-state index >= 15 is 0 Å². The molecule has 172 valence electrons. The number of aromatic nitrogens is 1. The van der Waals surface area contributed by atoms with Gasteiger partial charge in [0.15, 0.2) is 17.4 Å². The summed E-state index contributed by atoms with van der Waals surface area (Å²) >= 11 is 0. The van der Waals surface area contributed by atoms with Crippen LogP contribution >= 0.6 is 0 Å². The SMILES string of the molecule is C=CCOc1ccc(-c2cc(CN3C=CC(=C)C(/N=C(\C)c4cccc(F)c4F)=C3)on2)cc1. The highest BCUT2D eigenvalue weighted by Crippen LogP contribution is 2.25. The van der Waals surface area contributed by atoms with E-state index in [0.717, 1.165) is 17.4 Å². The molecule has 0 fully saturated rings. The number of rotatable bonds is 8. The summed E-state index contributed by atoms with van der Waals surface area (Å²) in [5.74, 6) is -0.443. The lowest BCUT2D eigenvalue weighted by atomic mass is 10.1. The zero-order valence-corrected chi connectivity index (χ0v) is 18.7. The Labute approximate surface area is 196 Å². The highest BCUT2D eigenvalue weighted by Gasteiger charge is 2.15. The van der Waals surface area contributed by atoms with Crippen molar-refractivity contribution in [3.8, 4) is 17.0 Å². The number of hydrogen-bond donors (Lipinski definition) is 0. The summed E-state index contributed by atoms with van der Waals surface area (Å²) in [5, 5.41) is 4.16. The minimum atomic E-state index is -0.923. The molecule has 0 saturated carbocycles. The quantitative estimate of drug-likeness (QED) is 0.288. The monoisotopic (exact) mass is 459 g/mol. The van der Waals surface area contributed by atoms with Crippen LogP contribution in [0.25, 0.3) is 11.3 Å². The van der Waals surface area contributed by atoms with Gasteiger partial charge in [0, 0.05) is 35.3 Å². The van der Waals surface area contributed by atoms with Gasteiger partial charge in [-0.05, 0) is 55.0 Å². The summed E-state index contributed by atoms with van der Waals surface area (Å²) in [6.07, 6.45) is 7.10. The van der Waals surface area contributed by atoms with Crippen LogP contribution < -0.4 is 4.74 Å². The lowest BCUT2D eigenvalue weighted by Crippen LogP contribution is -2.13. The molecule has 1 aromatic heterocycles. The molecule has 0 atom stereocenters. The second kappa shape index (κ2) is 10.1. The number of halogens is 2. The minimum Gasteiger partial charge on any atom is -0.490 e. The molecule has 0 spiro atoms. The molecule has 7 heteroatoms. The van der Waals surface area contributed by atoms with Gasteiger partial charge in [0.25, 0.3) is 0 Å². The van der Waals surface area contributed by atoms with E-state index in [0.29, 0.717) is 41.6 Å². The molecular weight excluding hydrogens is 436 g/mol. The highest BCUT2D eigenvalue weighted by molar-refractivity contribution is 5.99. The molecule has 0 saturated heterocycles. The van der Waals surface area contributed by atoms with Crippen molar-refractivity contribution in [3.05, 3.63) is 120 Å². The summed E-state index contributed by atoms with van der Waals surface area (Å²) in [6.45, 7) is 10.1. The fraction of sp³-hybridized carbons (Fsp3) is 0.111. The highest BCUT2D eigenvalue weighted by atomic mass is 19.2. The summed E-state index contributed by atoms with van der Waals surface area (Å²) in [6, 6.07) is 13.4. The van der Waals surface area contributed by atoms with E-state index in [1.165, 1.54) is 12.1 Å². The van der Waals surface area contributed by atoms with Crippen LogP contribution in [0.5, 0.6) is 5.75 Å². The Balaban J connectivity index is 1.48. The van der Waals surface area contributed by atoms with E-state index in [-0.39, 0.29) is 5.56 Å². The maximum atomic E-state index is 14.1. The van der Waals surface area contributed by atoms with E-state index in [4.69, 9.17) is 9.26 Å². The van der Waals surface area contributed by atoms with Crippen LogP contribution in [0.3, 0.4) is 0 Å². The second-order valence-corrected chi connectivity index (χ2v) is 7.63. The second-order valence-electron chi connectivity index (χ2n) is 7.63. The van der Waals surface area contributed by atoms with Gasteiger partial charge >= 0.3 is 0 Å². The van der Waals surface area contributed by atoms with Crippen LogP contribution in [0.1, 0.15) is 18.2 Å². The van der Waals surface area contributed by atoms with E-state index in [1.807, 2.05) is 41.4 Å². The molecule has 5 nitrogen and oxygen atoms in total. The summed E-state index contributed by atoms with van der Waals surface area (Å²) in [4.78, 5) is 6.34. The standard InChI is InChI=1S/C27H23F2N3O2/c1-4-14-33-21-10-8-20(9-11-21)25-15-22(34-31-25)16-32-13-12-18(2)26(17-32)30-19(3)23-6-5-7-24(28)27(23)29/h4-13,15,17H,1-2,14,16H2,3H3/b30-19+. The van der Waals surface area contributed by atoms with Crippen molar-refractivity contribution in [1.29, 1.82) is 0 Å². The molecule has 0 amide bonds. The molecular formula is C27H23F2N3O2. The number of aliphatic imine (C=N–C) groups is 1. The van der Waals surface area contributed by atoms with Crippen molar-refractivity contribution in [1.82, 2.24) is 10.1 Å². The first kappa shape index (κ1) is 22.9. The molecule has 0 unspecified atom stereocenters. The van der Waals surface area contributed by atoms with Gasteiger partial charge in [-0.25, -0.2) is 8.78 Å². The average molecular weight is 459 g/mol. The van der Waals surface area contributed by atoms with E-state index in [2.05, 4.69) is 23.3 Å². The topological polar surface area (TPSA) is 50.9 Å². The number of allylic oxidation sites excluding steroid dienone is 1. The maximum absolute atomic E-state index is 14.1. The molecule has 3 aromatic rings. The Morgan fingerprint density at radius 2 is 2.00 bits per heavy atom. The van der Waals surface area contributed by atoms with Crippen LogP contribution in [0.2, 0.25) is 0 Å². The molecule has 0 N–H and O–H groups in total. The Morgan fingerprint density at radius 3 is 2.76 bits per heavy atom. The van der Waals surface area contributed by atoms with Gasteiger partial charge in [0.2, 0.25) is 0 Å². The molecule has 0 bridgehead atoms. The fourth-order valence-corrected chi connectivity index (χ4v) is 3.36. The van der Waals surface area contributed by atoms with Crippen LogP contribution in [-0.4, -0.2) is 22.4 Å². The molecule has 0 aliphatic carbocycles. The van der Waals surface area contributed by atoms with Crippen molar-refractivity contribution < 1.29 is 18.0 Å². The van der Waals surface area contributed by atoms with Crippen molar-refractivity contribution >= 4 is 5.71 Å². The first-order valence-corrected chi connectivity index (χ1v) is 10.6. The predicted molar refractivity (Wildman–Crippen MR) is 128 cm³/mol. The van der Waals surface area contributed by atoms with Crippen molar-refractivity contribution in [2.75, 3.05) is 6.61 Å². The van der Waals surface area contributed by atoms with E-state index in [9.17, 15) is 8.78 Å². The van der Waals surface area contributed by atoms with Gasteiger partial charge in [-0.2, -0.15) is 0 Å². The molecule has 34 heavy (non-hydrogen) atoms. The third-order valence-electron chi connectivity index (χ3n) is 5.13. The minimum absolute atomic E-state index is 0.107. The fourth-order valence-electron chi connectivity index (χ4n) is 3.36. The van der Waals surface area contributed by atoms with Crippen molar-refractivity contribution in [3.63, 3.8) is 0 Å². The van der Waals surface area contributed by atoms with E-state index < -0.39 is 11.6 Å². The molecule has 1 aliphatic heterocycles. The van der Waals surface area contributed by atoms with Crippen LogP contribution in [-0.2, 0) is 6.54 Å². The van der Waals surface area contributed by atoms with Gasteiger partial charge in [-0.1, -0.05) is 30.5 Å². The van der Waals surface area contributed by atoms with Crippen LogP contribution in [0.4, 0.5) is 8.78 Å². The Morgan fingerprint density at radius 1 is 1.21 bits per heavy atom. The average Bonchev–Trinajstić information content (AvgIpc) is 3.30. The smallest absolute Gasteiger partial charge is 0.167 e. The van der Waals surface area contributed by atoms with Gasteiger partial charge < -0.3 is 14.2 Å². The Hall–Kier alpha value is -4.26. The van der Waals surface area contributed by atoms with Crippen LogP contribution in [0, 0.1) is 11.6 Å². The molecule has 2 heterocycles. The third-order valence-corrected chi connectivity index (χ3v) is 5.13. The first-order valence-electron chi connectivity index (χ1n) is 10.6. The maximum Gasteiger partial charge on any atom is 0.167 e.